The van der Waals surface area contributed by atoms with Gasteiger partial charge in [-0.15, -0.1) is 0 Å². The Morgan fingerprint density at radius 2 is 0.415 bits per heavy atom. The number of benzene rings is 17. The summed E-state index contributed by atoms with van der Waals surface area (Å²) in [5.41, 5.74) is 34.0. The summed E-state index contributed by atoms with van der Waals surface area (Å²) in [7, 11) is 0. The fourth-order valence-electron chi connectivity index (χ4n) is 14.5. The van der Waals surface area contributed by atoms with Gasteiger partial charge in [0.25, 0.3) is 0 Å². The van der Waals surface area contributed by atoms with Gasteiger partial charge in [-0.05, 0) is 236 Å². The van der Waals surface area contributed by atoms with Crippen molar-refractivity contribution in [2.75, 3.05) is 16.0 Å². The van der Waals surface area contributed by atoms with E-state index in [4.69, 9.17) is 0 Å². The Balaban J connectivity index is 0.000000122. The minimum Gasteiger partial charge on any atom is -0.356 e. The molecule has 0 heterocycles. The van der Waals surface area contributed by atoms with Crippen molar-refractivity contribution in [3.05, 3.63) is 436 Å². The topological polar surface area (TPSA) is 36.1 Å². The average molecular weight is 1360 g/mol. The van der Waals surface area contributed by atoms with Crippen LogP contribution in [-0.4, -0.2) is 0 Å². The summed E-state index contributed by atoms with van der Waals surface area (Å²) in [6.07, 6.45) is 0. The molecule has 0 spiro atoms. The number of hydrogen-bond donors (Lipinski definition) is 3. The van der Waals surface area contributed by atoms with E-state index in [1.54, 1.807) is 0 Å². The highest BCUT2D eigenvalue weighted by atomic mass is 14.9. The lowest BCUT2D eigenvalue weighted by Crippen LogP contribution is -2.15. The lowest BCUT2D eigenvalue weighted by atomic mass is 9.82. The van der Waals surface area contributed by atoms with Gasteiger partial charge >= 0.3 is 0 Å². The van der Waals surface area contributed by atoms with E-state index in [1.165, 1.54) is 133 Å². The van der Waals surface area contributed by atoms with Crippen LogP contribution in [0.1, 0.15) is 25.0 Å². The highest BCUT2D eigenvalue weighted by molar-refractivity contribution is 5.97. The van der Waals surface area contributed by atoms with Crippen molar-refractivity contribution < 1.29 is 0 Å². The lowest BCUT2D eigenvalue weighted by Gasteiger charge is -2.22. The SMILES string of the molecule is CC1(C)c2ccccc2-c2ccc(Nc3ccc(-c4cccc(-c5ccccc5)c4)cc3)cc21.c1ccc(-c2ccc(Nc3ccc(-c4cc(-c5ccccc5)cc(-c5ccccc5)c4)cc3)cc2)cc1.c1ccc(-c2cccc(-c3ccc(Nc4ccc(-c5cccc6ccccc56)cc4)cc3)c2)cc1. The van der Waals surface area contributed by atoms with E-state index in [-0.39, 0.29) is 5.41 Å². The number of rotatable bonds is 15. The van der Waals surface area contributed by atoms with E-state index in [1.807, 2.05) is 6.07 Å². The van der Waals surface area contributed by atoms with Crippen molar-refractivity contribution in [3.63, 3.8) is 0 Å². The molecule has 106 heavy (non-hydrogen) atoms. The number of anilines is 6. The molecule has 3 N–H and O–H groups in total. The lowest BCUT2D eigenvalue weighted by molar-refractivity contribution is 0.660. The minimum atomic E-state index is 0.0112. The minimum absolute atomic E-state index is 0.0112. The molecule has 0 bridgehead atoms. The molecule has 17 aromatic carbocycles. The predicted molar refractivity (Wildman–Crippen MR) is 452 cm³/mol. The van der Waals surface area contributed by atoms with Gasteiger partial charge in [-0.25, -0.2) is 0 Å². The molecule has 3 heteroatoms. The van der Waals surface area contributed by atoms with Crippen LogP contribution in [0.4, 0.5) is 34.1 Å². The van der Waals surface area contributed by atoms with Crippen LogP contribution in [0.3, 0.4) is 0 Å². The molecule has 0 fully saturated rings. The van der Waals surface area contributed by atoms with Crippen LogP contribution < -0.4 is 16.0 Å². The maximum atomic E-state index is 3.61. The first-order valence-electron chi connectivity index (χ1n) is 36.4. The summed E-state index contributed by atoms with van der Waals surface area (Å²) in [5, 5.41) is 13.2. The summed E-state index contributed by atoms with van der Waals surface area (Å²) >= 11 is 0. The maximum Gasteiger partial charge on any atom is 0.0387 e. The van der Waals surface area contributed by atoms with Gasteiger partial charge < -0.3 is 16.0 Å². The second-order valence-corrected chi connectivity index (χ2v) is 27.5. The maximum absolute atomic E-state index is 3.61. The van der Waals surface area contributed by atoms with Crippen LogP contribution in [0.15, 0.2) is 425 Å². The Kier molecular flexibility index (Phi) is 19.5. The van der Waals surface area contributed by atoms with Crippen molar-refractivity contribution in [1.29, 1.82) is 0 Å². The van der Waals surface area contributed by atoms with Gasteiger partial charge in [-0.2, -0.15) is 0 Å². The van der Waals surface area contributed by atoms with Crippen LogP contribution in [0.2, 0.25) is 0 Å². The standard InChI is InChI=1S/C36H27N.C34H25N.C33H27N/c1-4-10-27(11-5-1)30-16-20-35(21-17-30)37-36-22-18-31(19-23-36)34-25-32(28-12-6-2-7-13-28)24-33(26-34)29-14-8-3-9-15-29;1-2-8-25(9-3-1)29-12-6-13-30(24-29)26-16-20-31(21-17-26)35-32-22-18-28(19-23-32)34-15-7-11-27-10-4-5-14-33(27)34;1-33(2)31-14-7-6-13-29(31)30-20-19-28(22-32(30)33)34-27-17-15-24(16-18-27)26-12-8-11-25(21-26)23-9-4-3-5-10-23/h1-26,37H;1-24,35H;3-22,34H,1-2H3. The normalized spacial score (nSPS) is 11.6. The predicted octanol–water partition coefficient (Wildman–Crippen LogP) is 28.8. The Morgan fingerprint density at radius 3 is 0.840 bits per heavy atom. The van der Waals surface area contributed by atoms with E-state index < -0.39 is 0 Å². The first-order valence-corrected chi connectivity index (χ1v) is 36.4. The Morgan fingerprint density at radius 1 is 0.160 bits per heavy atom. The molecular weight excluding hydrogens is 1280 g/mol. The molecule has 3 nitrogen and oxygen atoms in total. The van der Waals surface area contributed by atoms with Crippen LogP contribution in [0.25, 0.3) is 122 Å². The molecule has 0 aromatic heterocycles. The van der Waals surface area contributed by atoms with Crippen molar-refractivity contribution in [2.45, 2.75) is 19.3 Å². The van der Waals surface area contributed by atoms with Crippen LogP contribution in [0.5, 0.6) is 0 Å². The fourth-order valence-corrected chi connectivity index (χ4v) is 14.5. The molecule has 0 amide bonds. The first kappa shape index (κ1) is 66.9. The van der Waals surface area contributed by atoms with Gasteiger partial charge in [0.15, 0.2) is 0 Å². The van der Waals surface area contributed by atoms with Crippen molar-refractivity contribution in [1.82, 2.24) is 0 Å². The Hall–Kier alpha value is -13.6. The Bertz CT molecular complexity index is 5740. The quantitative estimate of drug-likeness (QED) is 0.0957. The van der Waals surface area contributed by atoms with Crippen molar-refractivity contribution in [2.24, 2.45) is 0 Å². The summed E-state index contributed by atoms with van der Waals surface area (Å²) in [6, 6.07) is 151. The third-order valence-electron chi connectivity index (χ3n) is 20.2. The third-order valence-corrected chi connectivity index (χ3v) is 20.2. The molecule has 506 valence electrons. The number of fused-ring (bicyclic) bond motifs is 4. The number of nitrogens with one attached hydrogen (secondary N) is 3. The van der Waals surface area contributed by atoms with E-state index in [0.717, 1.165) is 34.1 Å². The molecule has 1 aliphatic carbocycles. The molecule has 1 aliphatic rings. The molecule has 0 unspecified atom stereocenters. The summed E-state index contributed by atoms with van der Waals surface area (Å²) in [6.45, 7) is 4.64. The van der Waals surface area contributed by atoms with Gasteiger partial charge in [-0.3, -0.25) is 0 Å². The van der Waals surface area contributed by atoms with Crippen molar-refractivity contribution >= 4 is 44.9 Å². The highest BCUT2D eigenvalue weighted by Crippen LogP contribution is 2.50. The third kappa shape index (κ3) is 15.3. The van der Waals surface area contributed by atoms with Crippen LogP contribution >= 0.6 is 0 Å². The fraction of sp³-hybridized carbons (Fsp3) is 0.0291. The summed E-state index contributed by atoms with van der Waals surface area (Å²) in [4.78, 5) is 0. The van der Waals surface area contributed by atoms with E-state index in [0.29, 0.717) is 0 Å². The number of hydrogen-bond acceptors (Lipinski definition) is 3. The zero-order valence-electron chi connectivity index (χ0n) is 59.4. The smallest absolute Gasteiger partial charge is 0.0387 e. The van der Waals surface area contributed by atoms with Crippen LogP contribution in [-0.2, 0) is 5.41 Å². The van der Waals surface area contributed by atoms with Gasteiger partial charge in [0.05, 0.1) is 0 Å². The molecule has 17 aromatic rings. The zero-order chi connectivity index (χ0) is 71.4. The average Bonchev–Trinajstić information content (AvgIpc) is 1.58. The first-order chi connectivity index (χ1) is 52.2. The molecule has 0 saturated heterocycles. The highest BCUT2D eigenvalue weighted by Gasteiger charge is 2.35. The molecule has 0 saturated carbocycles. The summed E-state index contributed by atoms with van der Waals surface area (Å²) < 4.78 is 0. The Labute approximate surface area is 623 Å². The molecule has 0 atom stereocenters. The van der Waals surface area contributed by atoms with E-state index in [2.05, 4.69) is 448 Å². The monoisotopic (exact) mass is 1360 g/mol. The largest absolute Gasteiger partial charge is 0.356 e. The second-order valence-electron chi connectivity index (χ2n) is 27.5. The van der Waals surface area contributed by atoms with Gasteiger partial charge in [0.2, 0.25) is 0 Å². The molecule has 0 aliphatic heterocycles. The zero-order valence-corrected chi connectivity index (χ0v) is 59.4. The van der Waals surface area contributed by atoms with Crippen molar-refractivity contribution in [3.8, 4) is 111 Å². The van der Waals surface area contributed by atoms with Gasteiger partial charge in [0, 0.05) is 39.5 Å². The van der Waals surface area contributed by atoms with Gasteiger partial charge in [-0.1, -0.05) is 335 Å². The van der Waals surface area contributed by atoms with Crippen LogP contribution in [0, 0.1) is 0 Å². The van der Waals surface area contributed by atoms with Gasteiger partial charge in [0.1, 0.15) is 0 Å². The second kappa shape index (κ2) is 30.9. The van der Waals surface area contributed by atoms with E-state index in [9.17, 15) is 0 Å². The molecular formula is C103H79N3. The molecule has 18 rings (SSSR count). The summed E-state index contributed by atoms with van der Waals surface area (Å²) in [5.74, 6) is 0. The molecule has 0 radical (unpaired) electrons. The van der Waals surface area contributed by atoms with E-state index >= 15 is 0 Å².